The van der Waals surface area contributed by atoms with Gasteiger partial charge in [-0.15, -0.1) is 0 Å². The summed E-state index contributed by atoms with van der Waals surface area (Å²) >= 11 is 2.01. The minimum absolute atomic E-state index is 0.108. The van der Waals surface area contributed by atoms with Crippen molar-refractivity contribution in [3.63, 3.8) is 0 Å². The third-order valence-electron chi connectivity index (χ3n) is 5.06. The molecule has 2 aromatic rings. The van der Waals surface area contributed by atoms with E-state index >= 15 is 0 Å². The Morgan fingerprint density at radius 3 is 2.39 bits per heavy atom. The number of nitrogens with zero attached hydrogens (tertiary/aromatic N) is 1. The fourth-order valence-corrected chi connectivity index (χ4v) is 5.21. The van der Waals surface area contributed by atoms with Gasteiger partial charge in [0.25, 0.3) is 5.91 Å². The average molecular weight is 464 g/mol. The van der Waals surface area contributed by atoms with Gasteiger partial charge in [-0.25, -0.2) is 13.1 Å². The molecule has 168 valence electrons. The summed E-state index contributed by atoms with van der Waals surface area (Å²) in [4.78, 5) is 15.1. The normalized spacial score (nSPS) is 15.0. The Morgan fingerprint density at radius 2 is 1.74 bits per heavy atom. The number of hydrogen-bond donors (Lipinski definition) is 2. The van der Waals surface area contributed by atoms with Crippen LogP contribution in [0.15, 0.2) is 53.4 Å². The lowest BCUT2D eigenvalue weighted by Gasteiger charge is -2.26. The Bertz CT molecular complexity index is 942. The molecular formula is C22H29N3O4S2. The summed E-state index contributed by atoms with van der Waals surface area (Å²) in [5, 5.41) is 2.86. The molecule has 31 heavy (non-hydrogen) atoms. The van der Waals surface area contributed by atoms with Crippen molar-refractivity contribution in [2.24, 2.45) is 0 Å². The van der Waals surface area contributed by atoms with Crippen LogP contribution in [0.25, 0.3) is 0 Å². The number of thioether (sulfide) groups is 1. The van der Waals surface area contributed by atoms with Gasteiger partial charge in [0, 0.05) is 56.0 Å². The highest BCUT2D eigenvalue weighted by Crippen LogP contribution is 2.15. The van der Waals surface area contributed by atoms with E-state index in [1.165, 1.54) is 48.4 Å². The first-order chi connectivity index (χ1) is 15.0. The van der Waals surface area contributed by atoms with Gasteiger partial charge in [0.1, 0.15) is 0 Å². The van der Waals surface area contributed by atoms with Gasteiger partial charge in [0.2, 0.25) is 10.0 Å². The second kappa shape index (κ2) is 11.6. The minimum atomic E-state index is -3.62. The van der Waals surface area contributed by atoms with Crippen molar-refractivity contribution < 1.29 is 17.9 Å². The van der Waals surface area contributed by atoms with Gasteiger partial charge in [0.15, 0.2) is 0 Å². The molecule has 1 heterocycles. The molecule has 0 aromatic heterocycles. The summed E-state index contributed by atoms with van der Waals surface area (Å²) in [6, 6.07) is 13.7. The molecular weight excluding hydrogens is 434 g/mol. The molecule has 2 aromatic carbocycles. The van der Waals surface area contributed by atoms with Crippen molar-refractivity contribution in [2.75, 3.05) is 56.7 Å². The van der Waals surface area contributed by atoms with Gasteiger partial charge < -0.3 is 15.0 Å². The van der Waals surface area contributed by atoms with Crippen molar-refractivity contribution in [3.05, 3.63) is 59.7 Å². The summed E-state index contributed by atoms with van der Waals surface area (Å²) in [5.41, 5.74) is 2.34. The molecule has 0 bridgehead atoms. The largest absolute Gasteiger partial charge is 0.383 e. The fraction of sp³-hybridized carbons (Fsp3) is 0.409. The van der Waals surface area contributed by atoms with Crippen LogP contribution >= 0.6 is 11.8 Å². The Morgan fingerprint density at radius 1 is 1.06 bits per heavy atom. The lowest BCUT2D eigenvalue weighted by atomic mass is 10.1. The van der Waals surface area contributed by atoms with Crippen LogP contribution in [0.3, 0.4) is 0 Å². The highest BCUT2D eigenvalue weighted by Gasteiger charge is 2.15. The summed E-state index contributed by atoms with van der Waals surface area (Å²) in [6.07, 6.45) is 0.993. The number of nitrogens with one attached hydrogen (secondary N) is 2. The molecule has 2 N–H and O–H groups in total. The van der Waals surface area contributed by atoms with E-state index in [0.29, 0.717) is 11.3 Å². The number of anilines is 1. The first-order valence-corrected chi connectivity index (χ1v) is 12.9. The zero-order valence-corrected chi connectivity index (χ0v) is 19.3. The smallest absolute Gasteiger partial charge is 0.255 e. The third-order valence-corrected chi connectivity index (χ3v) is 7.48. The van der Waals surface area contributed by atoms with Gasteiger partial charge in [-0.05, 0) is 48.4 Å². The minimum Gasteiger partial charge on any atom is -0.383 e. The van der Waals surface area contributed by atoms with Crippen molar-refractivity contribution in [1.82, 2.24) is 9.62 Å². The number of rotatable bonds is 10. The third kappa shape index (κ3) is 7.33. The first kappa shape index (κ1) is 23.7. The second-order valence-electron chi connectivity index (χ2n) is 7.27. The topological polar surface area (TPSA) is 87.7 Å². The van der Waals surface area contributed by atoms with Gasteiger partial charge in [-0.1, -0.05) is 12.1 Å². The zero-order chi connectivity index (χ0) is 22.1. The van der Waals surface area contributed by atoms with Crippen molar-refractivity contribution in [3.8, 4) is 0 Å². The number of hydrogen-bond acceptors (Lipinski definition) is 6. The molecule has 0 saturated carbocycles. The average Bonchev–Trinajstić information content (AvgIpc) is 2.79. The number of amides is 1. The molecule has 1 aliphatic heterocycles. The summed E-state index contributed by atoms with van der Waals surface area (Å²) in [5.74, 6) is 2.14. The lowest BCUT2D eigenvalue weighted by molar-refractivity contribution is 0.102. The predicted octanol–water partition coefficient (Wildman–Crippen LogP) is 2.45. The molecule has 3 rings (SSSR count). The Hall–Kier alpha value is -1.91. The Kier molecular flexibility index (Phi) is 8.91. The summed E-state index contributed by atoms with van der Waals surface area (Å²) in [7, 11) is -2.11. The van der Waals surface area contributed by atoms with Gasteiger partial charge in [-0.2, -0.15) is 11.8 Å². The van der Waals surface area contributed by atoms with E-state index in [2.05, 4.69) is 14.9 Å². The maximum absolute atomic E-state index is 12.5. The molecule has 1 saturated heterocycles. The van der Waals surface area contributed by atoms with Crippen LogP contribution in [0.4, 0.5) is 5.69 Å². The van der Waals surface area contributed by atoms with Gasteiger partial charge in [0.05, 0.1) is 11.5 Å². The number of ether oxygens (including phenoxy) is 1. The first-order valence-electron chi connectivity index (χ1n) is 10.3. The maximum atomic E-state index is 12.5. The monoisotopic (exact) mass is 463 g/mol. The van der Waals surface area contributed by atoms with E-state index < -0.39 is 10.0 Å². The molecule has 0 aliphatic carbocycles. The molecule has 0 radical (unpaired) electrons. The maximum Gasteiger partial charge on any atom is 0.255 e. The fourth-order valence-electron chi connectivity index (χ4n) is 3.22. The van der Waals surface area contributed by atoms with Crippen LogP contribution in [0.1, 0.15) is 15.9 Å². The molecule has 1 amide bonds. The van der Waals surface area contributed by atoms with Crippen LogP contribution in [0, 0.1) is 0 Å². The highest BCUT2D eigenvalue weighted by molar-refractivity contribution is 7.99. The number of methoxy groups -OCH3 is 1. The van der Waals surface area contributed by atoms with Crippen LogP contribution < -0.4 is 10.0 Å². The quantitative estimate of drug-likeness (QED) is 0.527. The van der Waals surface area contributed by atoms with E-state index in [1.807, 2.05) is 36.0 Å². The van der Waals surface area contributed by atoms with Crippen molar-refractivity contribution in [2.45, 2.75) is 11.3 Å². The number of carbonyl (C=O) groups is 1. The van der Waals surface area contributed by atoms with Crippen LogP contribution in [-0.2, 0) is 21.2 Å². The van der Waals surface area contributed by atoms with E-state index in [1.54, 1.807) is 0 Å². The molecule has 0 atom stereocenters. The second-order valence-corrected chi connectivity index (χ2v) is 10.3. The highest BCUT2D eigenvalue weighted by atomic mass is 32.2. The van der Waals surface area contributed by atoms with E-state index in [0.717, 1.165) is 26.1 Å². The summed E-state index contributed by atoms with van der Waals surface area (Å²) < 4.78 is 31.7. The Labute approximate surface area is 188 Å². The van der Waals surface area contributed by atoms with Crippen LogP contribution in [0.2, 0.25) is 0 Å². The number of benzene rings is 2. The molecule has 1 fully saturated rings. The standard InChI is InChI=1S/C22H29N3O4S2/c1-29-15-11-23-31(27,28)21-8-4-19(5-9-21)22(26)24-20-6-2-18(3-7-20)10-12-25-13-16-30-17-14-25/h2-9,23H,10-17H2,1H3,(H,24,26). The van der Waals surface area contributed by atoms with Crippen molar-refractivity contribution >= 4 is 33.4 Å². The molecule has 1 aliphatic rings. The summed E-state index contributed by atoms with van der Waals surface area (Å²) in [6.45, 7) is 3.84. The van der Waals surface area contributed by atoms with Crippen LogP contribution in [0.5, 0.6) is 0 Å². The Balaban J connectivity index is 1.52. The number of sulfonamides is 1. The van der Waals surface area contributed by atoms with Gasteiger partial charge in [-0.3, -0.25) is 4.79 Å². The van der Waals surface area contributed by atoms with Crippen LogP contribution in [-0.4, -0.2) is 70.6 Å². The van der Waals surface area contributed by atoms with E-state index in [4.69, 9.17) is 4.74 Å². The SMILES string of the molecule is COCCNS(=O)(=O)c1ccc(C(=O)Nc2ccc(CCN3CCSCC3)cc2)cc1. The number of carbonyl (C=O) groups excluding carboxylic acids is 1. The van der Waals surface area contributed by atoms with Crippen molar-refractivity contribution in [1.29, 1.82) is 0 Å². The lowest BCUT2D eigenvalue weighted by Crippen LogP contribution is -2.34. The molecule has 0 unspecified atom stereocenters. The van der Waals surface area contributed by atoms with E-state index in [9.17, 15) is 13.2 Å². The molecule has 9 heteroatoms. The molecule has 0 spiro atoms. The van der Waals surface area contributed by atoms with Gasteiger partial charge >= 0.3 is 0 Å². The zero-order valence-electron chi connectivity index (χ0n) is 17.7. The predicted molar refractivity (Wildman–Crippen MR) is 125 cm³/mol. The molecule has 7 nitrogen and oxygen atoms in total. The van der Waals surface area contributed by atoms with E-state index in [-0.39, 0.29) is 24.0 Å².